The molecule has 1 aliphatic heterocycles. The number of thiazole rings is 1. The molecule has 1 fully saturated rings. The minimum Gasteiger partial charge on any atom is -0.346 e. The smallest absolute Gasteiger partial charge is 0.185 e. The molecular weight excluding hydrogens is 282 g/mol. The highest BCUT2D eigenvalue weighted by Gasteiger charge is 2.28. The maximum Gasteiger partial charge on any atom is 0.185 e. The van der Waals surface area contributed by atoms with Crippen molar-refractivity contribution in [3.05, 3.63) is 28.5 Å². The Morgan fingerprint density at radius 3 is 3.05 bits per heavy atom. The van der Waals surface area contributed by atoms with Gasteiger partial charge in [-0.1, -0.05) is 0 Å². The summed E-state index contributed by atoms with van der Waals surface area (Å²) in [7, 11) is 0. The molecule has 21 heavy (non-hydrogen) atoms. The molecule has 0 saturated carbocycles. The van der Waals surface area contributed by atoms with Crippen molar-refractivity contribution in [3.8, 4) is 6.07 Å². The molecule has 2 aliphatic rings. The van der Waals surface area contributed by atoms with Crippen LogP contribution in [0.2, 0.25) is 0 Å². The molecule has 1 atom stereocenters. The van der Waals surface area contributed by atoms with Gasteiger partial charge in [-0.15, -0.1) is 11.3 Å². The molecule has 3 heterocycles. The van der Waals surface area contributed by atoms with E-state index < -0.39 is 0 Å². The first-order chi connectivity index (χ1) is 10.3. The standard InChI is InChI=1S/C15H17N5S/c16-7-11-8-17-20(9-11)12-5-6-19(10-12)15-18-13-3-1-2-4-14(13)21-15/h8-9,12H,1-6,10H2. The molecule has 0 bridgehead atoms. The number of rotatable bonds is 2. The maximum absolute atomic E-state index is 8.90. The predicted octanol–water partition coefficient (Wildman–Crippen LogP) is 2.54. The van der Waals surface area contributed by atoms with Gasteiger partial charge in [0.2, 0.25) is 0 Å². The molecule has 0 amide bonds. The molecule has 0 spiro atoms. The van der Waals surface area contributed by atoms with E-state index in [2.05, 4.69) is 16.1 Å². The summed E-state index contributed by atoms with van der Waals surface area (Å²) in [5, 5.41) is 14.4. The monoisotopic (exact) mass is 299 g/mol. The normalized spacial score (nSPS) is 21.3. The molecule has 1 saturated heterocycles. The van der Waals surface area contributed by atoms with Gasteiger partial charge in [0.1, 0.15) is 6.07 Å². The fraction of sp³-hybridized carbons (Fsp3) is 0.533. The van der Waals surface area contributed by atoms with E-state index in [1.54, 1.807) is 6.20 Å². The first-order valence-corrected chi connectivity index (χ1v) is 8.33. The number of anilines is 1. The Labute approximate surface area is 127 Å². The number of fused-ring (bicyclic) bond motifs is 1. The number of nitrogens with zero attached hydrogens (tertiary/aromatic N) is 5. The third-order valence-corrected chi connectivity index (χ3v) is 5.59. The van der Waals surface area contributed by atoms with E-state index in [1.165, 1.54) is 35.0 Å². The van der Waals surface area contributed by atoms with Gasteiger partial charge >= 0.3 is 0 Å². The summed E-state index contributed by atoms with van der Waals surface area (Å²) in [5.74, 6) is 0. The van der Waals surface area contributed by atoms with Crippen molar-refractivity contribution in [2.45, 2.75) is 38.1 Å². The highest BCUT2D eigenvalue weighted by atomic mass is 32.1. The molecule has 2 aromatic rings. The van der Waals surface area contributed by atoms with Crippen molar-refractivity contribution in [1.82, 2.24) is 14.8 Å². The van der Waals surface area contributed by atoms with Crippen LogP contribution in [0.5, 0.6) is 0 Å². The highest BCUT2D eigenvalue weighted by Crippen LogP contribution is 2.34. The molecular formula is C15H17N5S. The van der Waals surface area contributed by atoms with Gasteiger partial charge in [-0.3, -0.25) is 4.68 Å². The Hall–Kier alpha value is -1.87. The average molecular weight is 299 g/mol. The van der Waals surface area contributed by atoms with Crippen molar-refractivity contribution in [2.24, 2.45) is 0 Å². The zero-order chi connectivity index (χ0) is 14.2. The van der Waals surface area contributed by atoms with E-state index in [0.717, 1.165) is 25.9 Å². The number of aromatic nitrogens is 3. The summed E-state index contributed by atoms with van der Waals surface area (Å²) in [6.45, 7) is 1.97. The van der Waals surface area contributed by atoms with E-state index >= 15 is 0 Å². The number of hydrogen-bond donors (Lipinski definition) is 0. The zero-order valence-electron chi connectivity index (χ0n) is 11.8. The van der Waals surface area contributed by atoms with Crippen LogP contribution in [-0.4, -0.2) is 27.9 Å². The van der Waals surface area contributed by atoms with Gasteiger partial charge in [0, 0.05) is 24.2 Å². The highest BCUT2D eigenvalue weighted by molar-refractivity contribution is 7.15. The van der Waals surface area contributed by atoms with E-state index in [0.29, 0.717) is 11.6 Å². The van der Waals surface area contributed by atoms with Crippen molar-refractivity contribution < 1.29 is 0 Å². The Bertz CT molecular complexity index is 672. The summed E-state index contributed by atoms with van der Waals surface area (Å²) >= 11 is 1.87. The second-order valence-electron chi connectivity index (χ2n) is 5.78. The van der Waals surface area contributed by atoms with E-state index in [4.69, 9.17) is 10.2 Å². The fourth-order valence-corrected chi connectivity index (χ4v) is 4.38. The second kappa shape index (κ2) is 5.15. The van der Waals surface area contributed by atoms with Crippen molar-refractivity contribution >= 4 is 16.5 Å². The van der Waals surface area contributed by atoms with Crippen LogP contribution in [0.3, 0.4) is 0 Å². The predicted molar refractivity (Wildman–Crippen MR) is 81.6 cm³/mol. The summed E-state index contributed by atoms with van der Waals surface area (Å²) in [5.41, 5.74) is 1.97. The molecule has 1 aliphatic carbocycles. The van der Waals surface area contributed by atoms with Gasteiger partial charge < -0.3 is 4.90 Å². The lowest BCUT2D eigenvalue weighted by atomic mass is 10.0. The molecule has 2 aromatic heterocycles. The first kappa shape index (κ1) is 12.8. The summed E-state index contributed by atoms with van der Waals surface area (Å²) < 4.78 is 1.94. The Morgan fingerprint density at radius 2 is 2.24 bits per heavy atom. The molecule has 1 unspecified atom stereocenters. The van der Waals surface area contributed by atoms with Crippen LogP contribution in [-0.2, 0) is 12.8 Å². The zero-order valence-corrected chi connectivity index (χ0v) is 12.6. The van der Waals surface area contributed by atoms with E-state index in [-0.39, 0.29) is 0 Å². The SMILES string of the molecule is N#Cc1cnn(C2CCN(c3nc4c(s3)CCCC4)C2)c1. The second-order valence-corrected chi connectivity index (χ2v) is 6.84. The summed E-state index contributed by atoms with van der Waals surface area (Å²) in [6, 6.07) is 2.49. The van der Waals surface area contributed by atoms with Gasteiger partial charge in [0.25, 0.3) is 0 Å². The van der Waals surface area contributed by atoms with Gasteiger partial charge in [0.15, 0.2) is 5.13 Å². The quantitative estimate of drug-likeness (QED) is 0.855. The molecule has 0 radical (unpaired) electrons. The van der Waals surface area contributed by atoms with Crippen LogP contribution in [0.4, 0.5) is 5.13 Å². The minimum absolute atomic E-state index is 0.355. The van der Waals surface area contributed by atoms with E-state index in [1.807, 2.05) is 22.2 Å². The van der Waals surface area contributed by atoms with Crippen LogP contribution in [0.25, 0.3) is 0 Å². The van der Waals surface area contributed by atoms with Crippen molar-refractivity contribution in [3.63, 3.8) is 0 Å². The van der Waals surface area contributed by atoms with E-state index in [9.17, 15) is 0 Å². The number of aryl methyl sites for hydroxylation is 2. The van der Waals surface area contributed by atoms with Gasteiger partial charge in [-0.2, -0.15) is 10.4 Å². The third-order valence-electron chi connectivity index (χ3n) is 4.37. The van der Waals surface area contributed by atoms with Gasteiger partial charge in [-0.25, -0.2) is 4.98 Å². The Morgan fingerprint density at radius 1 is 1.33 bits per heavy atom. The third kappa shape index (κ3) is 2.32. The molecule has 6 heteroatoms. The van der Waals surface area contributed by atoms with Gasteiger partial charge in [0.05, 0.1) is 23.5 Å². The average Bonchev–Trinajstić information content (AvgIpc) is 3.24. The largest absolute Gasteiger partial charge is 0.346 e. The maximum atomic E-state index is 8.90. The Balaban J connectivity index is 1.51. The van der Waals surface area contributed by atoms with Crippen LogP contribution in [0.15, 0.2) is 12.4 Å². The first-order valence-electron chi connectivity index (χ1n) is 7.51. The topological polar surface area (TPSA) is 57.7 Å². The van der Waals surface area contributed by atoms with Crippen molar-refractivity contribution in [2.75, 3.05) is 18.0 Å². The molecule has 4 rings (SSSR count). The molecule has 108 valence electrons. The lowest BCUT2D eigenvalue weighted by molar-refractivity contribution is 0.494. The van der Waals surface area contributed by atoms with Gasteiger partial charge in [-0.05, 0) is 32.1 Å². The van der Waals surface area contributed by atoms with Crippen LogP contribution >= 0.6 is 11.3 Å². The minimum atomic E-state index is 0.355. The fourth-order valence-electron chi connectivity index (χ4n) is 3.20. The molecule has 0 aromatic carbocycles. The summed E-state index contributed by atoms with van der Waals surface area (Å²) in [6.07, 6.45) is 9.50. The Kier molecular flexibility index (Phi) is 3.15. The lowest BCUT2D eigenvalue weighted by Crippen LogP contribution is -2.20. The number of nitriles is 1. The number of hydrogen-bond acceptors (Lipinski definition) is 5. The van der Waals surface area contributed by atoms with Crippen LogP contribution in [0, 0.1) is 11.3 Å². The lowest BCUT2D eigenvalue weighted by Gasteiger charge is -2.15. The van der Waals surface area contributed by atoms with Crippen LogP contribution in [0.1, 0.15) is 41.4 Å². The molecule has 5 nitrogen and oxygen atoms in total. The van der Waals surface area contributed by atoms with Crippen LogP contribution < -0.4 is 4.90 Å². The summed E-state index contributed by atoms with van der Waals surface area (Å²) in [4.78, 5) is 8.71. The van der Waals surface area contributed by atoms with Crippen molar-refractivity contribution in [1.29, 1.82) is 5.26 Å². The molecule has 0 N–H and O–H groups in total.